The van der Waals surface area contributed by atoms with Crippen LogP contribution in [0.4, 0.5) is 10.1 Å². The molecule has 0 radical (unpaired) electrons. The van der Waals surface area contributed by atoms with E-state index < -0.39 is 41.7 Å². The first-order valence-corrected chi connectivity index (χ1v) is 6.61. The summed E-state index contributed by atoms with van der Waals surface area (Å²) in [6.45, 7) is 1.78. The number of aliphatic carboxylic acids is 1. The van der Waals surface area contributed by atoms with Crippen LogP contribution in [0.5, 0.6) is 0 Å². The number of benzene rings is 1. The summed E-state index contributed by atoms with van der Waals surface area (Å²) >= 11 is 0. The van der Waals surface area contributed by atoms with Crippen LogP contribution in [-0.4, -0.2) is 29.2 Å². The SMILES string of the molecule is Cc1ccc(F)c(NC(=O)[C@H]2[C@@H](C(=O)O)[C@@H]3C=C[C@H]2O3)c1. The Morgan fingerprint density at radius 2 is 1.90 bits per heavy atom. The molecule has 1 saturated heterocycles. The highest BCUT2D eigenvalue weighted by atomic mass is 19.1. The molecule has 110 valence electrons. The molecule has 2 aliphatic rings. The Morgan fingerprint density at radius 3 is 2.57 bits per heavy atom. The second-order valence-corrected chi connectivity index (χ2v) is 5.31. The number of carbonyl (C=O) groups excluding carboxylic acids is 1. The fourth-order valence-corrected chi connectivity index (χ4v) is 2.87. The number of hydrogen-bond acceptors (Lipinski definition) is 3. The van der Waals surface area contributed by atoms with Gasteiger partial charge in [-0.05, 0) is 24.6 Å². The van der Waals surface area contributed by atoms with Crippen LogP contribution in [0.3, 0.4) is 0 Å². The Morgan fingerprint density at radius 1 is 1.24 bits per heavy atom. The van der Waals surface area contributed by atoms with E-state index in [0.717, 1.165) is 5.56 Å². The third kappa shape index (κ3) is 2.31. The minimum Gasteiger partial charge on any atom is -0.481 e. The monoisotopic (exact) mass is 291 g/mol. The highest BCUT2D eigenvalue weighted by Crippen LogP contribution is 2.40. The van der Waals surface area contributed by atoms with Crippen molar-refractivity contribution in [3.05, 3.63) is 41.7 Å². The van der Waals surface area contributed by atoms with Gasteiger partial charge in [0.25, 0.3) is 0 Å². The Hall–Kier alpha value is -2.21. The second kappa shape index (κ2) is 4.96. The minimum absolute atomic E-state index is 0.0518. The van der Waals surface area contributed by atoms with Gasteiger partial charge in [-0.3, -0.25) is 9.59 Å². The zero-order chi connectivity index (χ0) is 15.1. The number of amides is 1. The maximum Gasteiger partial charge on any atom is 0.310 e. The minimum atomic E-state index is -1.09. The smallest absolute Gasteiger partial charge is 0.310 e. The standard InChI is InChI=1S/C15H14FNO4/c1-7-2-3-8(16)9(6-7)17-14(18)12-10-4-5-11(21-10)13(12)15(19)20/h2-6,10-13H,1H3,(H,17,18)(H,19,20)/t10-,11+,12-,13+/m1/s1. The number of hydrogen-bond donors (Lipinski definition) is 2. The molecule has 2 bridgehead atoms. The molecule has 4 atom stereocenters. The average Bonchev–Trinajstić information content (AvgIpc) is 3.03. The molecule has 0 aliphatic carbocycles. The Balaban J connectivity index is 1.83. The van der Waals surface area contributed by atoms with Gasteiger partial charge in [0.15, 0.2) is 0 Å². The van der Waals surface area contributed by atoms with Gasteiger partial charge in [0.2, 0.25) is 5.91 Å². The Kier molecular flexibility index (Phi) is 3.25. The van der Waals surface area contributed by atoms with Crippen molar-refractivity contribution in [2.75, 3.05) is 5.32 Å². The first-order valence-electron chi connectivity index (χ1n) is 6.61. The van der Waals surface area contributed by atoms with Crippen LogP contribution in [0.15, 0.2) is 30.4 Å². The number of carboxylic acid groups (broad SMARTS) is 1. The molecule has 6 heteroatoms. The number of carboxylic acids is 1. The predicted octanol–water partition coefficient (Wildman–Crippen LogP) is 1.73. The van der Waals surface area contributed by atoms with Gasteiger partial charge in [0.1, 0.15) is 11.7 Å². The van der Waals surface area contributed by atoms with Crippen LogP contribution in [0.2, 0.25) is 0 Å². The summed E-state index contributed by atoms with van der Waals surface area (Å²) in [7, 11) is 0. The van der Waals surface area contributed by atoms with E-state index in [4.69, 9.17) is 4.74 Å². The highest BCUT2D eigenvalue weighted by Gasteiger charge is 2.53. The van der Waals surface area contributed by atoms with E-state index in [0.29, 0.717) is 0 Å². The summed E-state index contributed by atoms with van der Waals surface area (Å²) in [6, 6.07) is 4.36. The maximum atomic E-state index is 13.7. The lowest BCUT2D eigenvalue weighted by molar-refractivity contribution is -0.145. The number of aryl methyl sites for hydroxylation is 1. The van der Waals surface area contributed by atoms with Gasteiger partial charge in [-0.15, -0.1) is 0 Å². The Labute approximate surface area is 120 Å². The van der Waals surface area contributed by atoms with Crippen LogP contribution in [0, 0.1) is 24.6 Å². The van der Waals surface area contributed by atoms with Gasteiger partial charge in [-0.25, -0.2) is 4.39 Å². The zero-order valence-corrected chi connectivity index (χ0v) is 11.2. The van der Waals surface area contributed by atoms with Crippen molar-refractivity contribution >= 4 is 17.6 Å². The largest absolute Gasteiger partial charge is 0.481 e. The highest BCUT2D eigenvalue weighted by molar-refractivity contribution is 5.96. The number of rotatable bonds is 3. The summed E-state index contributed by atoms with van der Waals surface area (Å²) in [5.41, 5.74) is 0.849. The number of carbonyl (C=O) groups is 2. The molecule has 1 aromatic carbocycles. The lowest BCUT2D eigenvalue weighted by Crippen LogP contribution is -2.39. The molecule has 2 aliphatic heterocycles. The third-order valence-electron chi connectivity index (χ3n) is 3.87. The lowest BCUT2D eigenvalue weighted by atomic mass is 9.82. The molecule has 0 spiro atoms. The van der Waals surface area contributed by atoms with E-state index in [1.54, 1.807) is 25.1 Å². The summed E-state index contributed by atoms with van der Waals surface area (Å²) in [5.74, 6) is -3.97. The van der Waals surface area contributed by atoms with E-state index >= 15 is 0 Å². The van der Waals surface area contributed by atoms with Crippen molar-refractivity contribution in [2.45, 2.75) is 19.1 Å². The van der Waals surface area contributed by atoms with Gasteiger partial charge < -0.3 is 15.2 Å². The number of nitrogens with one attached hydrogen (secondary N) is 1. The molecule has 1 amide bonds. The number of fused-ring (bicyclic) bond motifs is 2. The molecule has 0 aromatic heterocycles. The van der Waals surface area contributed by atoms with Crippen molar-refractivity contribution < 1.29 is 23.8 Å². The van der Waals surface area contributed by atoms with E-state index in [1.165, 1.54) is 12.1 Å². The topological polar surface area (TPSA) is 75.6 Å². The average molecular weight is 291 g/mol. The van der Waals surface area contributed by atoms with E-state index in [2.05, 4.69) is 5.32 Å². The van der Waals surface area contributed by atoms with Crippen LogP contribution in [0.1, 0.15) is 5.56 Å². The molecule has 1 aromatic rings. The quantitative estimate of drug-likeness (QED) is 0.832. The molecule has 5 nitrogen and oxygen atoms in total. The van der Waals surface area contributed by atoms with Crippen LogP contribution in [0.25, 0.3) is 0 Å². The van der Waals surface area contributed by atoms with E-state index in [-0.39, 0.29) is 5.69 Å². The molecule has 0 saturated carbocycles. The zero-order valence-electron chi connectivity index (χ0n) is 11.2. The summed E-state index contributed by atoms with van der Waals surface area (Å²) in [4.78, 5) is 23.6. The number of halogens is 1. The summed E-state index contributed by atoms with van der Waals surface area (Å²) < 4.78 is 19.1. The summed E-state index contributed by atoms with van der Waals surface area (Å²) in [5, 5.41) is 11.7. The van der Waals surface area contributed by atoms with Crippen molar-refractivity contribution in [1.82, 2.24) is 0 Å². The molecule has 1 fully saturated rings. The van der Waals surface area contributed by atoms with Crippen molar-refractivity contribution in [3.63, 3.8) is 0 Å². The fraction of sp³-hybridized carbons (Fsp3) is 0.333. The van der Waals surface area contributed by atoms with Crippen molar-refractivity contribution in [3.8, 4) is 0 Å². The molecular weight excluding hydrogens is 277 g/mol. The molecule has 21 heavy (non-hydrogen) atoms. The maximum absolute atomic E-state index is 13.7. The van der Waals surface area contributed by atoms with Crippen LogP contribution < -0.4 is 5.32 Å². The van der Waals surface area contributed by atoms with Crippen LogP contribution in [-0.2, 0) is 14.3 Å². The van der Waals surface area contributed by atoms with Crippen LogP contribution >= 0.6 is 0 Å². The first-order chi connectivity index (χ1) is 9.97. The number of anilines is 1. The normalized spacial score (nSPS) is 29.6. The molecule has 0 unspecified atom stereocenters. The van der Waals surface area contributed by atoms with Gasteiger partial charge in [-0.1, -0.05) is 18.2 Å². The lowest BCUT2D eigenvalue weighted by Gasteiger charge is -2.21. The third-order valence-corrected chi connectivity index (χ3v) is 3.87. The van der Waals surface area contributed by atoms with Crippen molar-refractivity contribution in [1.29, 1.82) is 0 Å². The Bertz CT molecular complexity index is 643. The van der Waals surface area contributed by atoms with Gasteiger partial charge >= 0.3 is 5.97 Å². The number of ether oxygens (including phenoxy) is 1. The first kappa shape index (κ1) is 13.8. The van der Waals surface area contributed by atoms with Gasteiger partial charge in [0.05, 0.1) is 23.8 Å². The van der Waals surface area contributed by atoms with Gasteiger partial charge in [-0.2, -0.15) is 0 Å². The predicted molar refractivity (Wildman–Crippen MR) is 72.2 cm³/mol. The van der Waals surface area contributed by atoms with E-state index in [1.807, 2.05) is 0 Å². The van der Waals surface area contributed by atoms with Gasteiger partial charge in [0, 0.05) is 0 Å². The summed E-state index contributed by atoms with van der Waals surface area (Å²) in [6.07, 6.45) is 2.18. The van der Waals surface area contributed by atoms with Crippen molar-refractivity contribution in [2.24, 2.45) is 11.8 Å². The fourth-order valence-electron chi connectivity index (χ4n) is 2.87. The molecule has 2 heterocycles. The van der Waals surface area contributed by atoms with E-state index in [9.17, 15) is 19.1 Å². The second-order valence-electron chi connectivity index (χ2n) is 5.31. The molecule has 3 rings (SSSR count). The molecule has 2 N–H and O–H groups in total. The molecular formula is C15H14FNO4.